The van der Waals surface area contributed by atoms with Gasteiger partial charge in [0.05, 0.1) is 6.54 Å². The molecular weight excluding hydrogens is 242 g/mol. The SMILES string of the molecule is CCn1ncnc1CN1Cc2ccc(N)cc2C1=O. The number of carbonyl (C=O) groups is 1. The Morgan fingerprint density at radius 3 is 3.05 bits per heavy atom. The number of fused-ring (bicyclic) bond motifs is 1. The lowest BCUT2D eigenvalue weighted by atomic mass is 10.1. The lowest BCUT2D eigenvalue weighted by Gasteiger charge is -2.15. The molecule has 0 bridgehead atoms. The first-order chi connectivity index (χ1) is 9.19. The summed E-state index contributed by atoms with van der Waals surface area (Å²) in [4.78, 5) is 18.3. The van der Waals surface area contributed by atoms with E-state index in [1.165, 1.54) is 6.33 Å². The number of hydrogen-bond acceptors (Lipinski definition) is 4. The van der Waals surface area contributed by atoms with Crippen LogP contribution in [-0.2, 0) is 19.6 Å². The van der Waals surface area contributed by atoms with Gasteiger partial charge < -0.3 is 10.6 Å². The Morgan fingerprint density at radius 1 is 1.42 bits per heavy atom. The van der Waals surface area contributed by atoms with E-state index in [1.54, 1.807) is 15.6 Å². The van der Waals surface area contributed by atoms with Crippen molar-refractivity contribution in [2.45, 2.75) is 26.6 Å². The lowest BCUT2D eigenvalue weighted by molar-refractivity contribution is 0.0760. The third-order valence-electron chi connectivity index (χ3n) is 3.34. The second kappa shape index (κ2) is 4.38. The van der Waals surface area contributed by atoms with E-state index in [0.29, 0.717) is 24.3 Å². The van der Waals surface area contributed by atoms with Crippen molar-refractivity contribution in [1.29, 1.82) is 0 Å². The van der Waals surface area contributed by atoms with Gasteiger partial charge in [-0.1, -0.05) is 6.07 Å². The van der Waals surface area contributed by atoms with E-state index < -0.39 is 0 Å². The first kappa shape index (κ1) is 11.7. The number of nitrogens with two attached hydrogens (primary N) is 1. The van der Waals surface area contributed by atoms with Gasteiger partial charge in [-0.05, 0) is 24.6 Å². The molecule has 1 aliphatic rings. The fourth-order valence-corrected chi connectivity index (χ4v) is 2.35. The molecule has 1 aromatic carbocycles. The van der Waals surface area contributed by atoms with Crippen molar-refractivity contribution in [2.24, 2.45) is 0 Å². The third-order valence-corrected chi connectivity index (χ3v) is 3.34. The predicted octanol–water partition coefficient (Wildman–Crippen LogP) is 1.04. The zero-order valence-electron chi connectivity index (χ0n) is 10.7. The van der Waals surface area contributed by atoms with Crippen LogP contribution in [0.15, 0.2) is 24.5 Å². The zero-order chi connectivity index (χ0) is 13.4. The van der Waals surface area contributed by atoms with Crippen molar-refractivity contribution in [1.82, 2.24) is 19.7 Å². The quantitative estimate of drug-likeness (QED) is 0.833. The van der Waals surface area contributed by atoms with Crippen LogP contribution in [0.2, 0.25) is 0 Å². The maximum atomic E-state index is 12.3. The highest BCUT2D eigenvalue weighted by Crippen LogP contribution is 2.25. The number of benzene rings is 1. The van der Waals surface area contributed by atoms with Gasteiger partial charge in [-0.2, -0.15) is 5.10 Å². The molecule has 2 N–H and O–H groups in total. The maximum Gasteiger partial charge on any atom is 0.254 e. The molecule has 3 rings (SSSR count). The average Bonchev–Trinajstić information content (AvgIpc) is 2.97. The Hall–Kier alpha value is -2.37. The van der Waals surface area contributed by atoms with E-state index in [4.69, 9.17) is 5.73 Å². The first-order valence-electron chi connectivity index (χ1n) is 6.23. The number of aromatic nitrogens is 3. The topological polar surface area (TPSA) is 77.0 Å². The molecule has 0 spiro atoms. The van der Waals surface area contributed by atoms with E-state index in [1.807, 2.05) is 19.1 Å². The molecule has 1 aromatic heterocycles. The summed E-state index contributed by atoms with van der Waals surface area (Å²) in [5.41, 5.74) is 8.05. The highest BCUT2D eigenvalue weighted by atomic mass is 16.2. The molecule has 0 unspecified atom stereocenters. The van der Waals surface area contributed by atoms with Crippen LogP contribution < -0.4 is 5.73 Å². The Morgan fingerprint density at radius 2 is 2.26 bits per heavy atom. The van der Waals surface area contributed by atoms with Crippen LogP contribution in [0.25, 0.3) is 0 Å². The number of nitrogen functional groups attached to an aromatic ring is 1. The number of rotatable bonds is 3. The van der Waals surface area contributed by atoms with Crippen molar-refractivity contribution in [3.8, 4) is 0 Å². The third kappa shape index (κ3) is 1.95. The van der Waals surface area contributed by atoms with E-state index >= 15 is 0 Å². The van der Waals surface area contributed by atoms with Gasteiger partial charge in [0, 0.05) is 24.3 Å². The number of nitrogens with zero attached hydrogens (tertiary/aromatic N) is 4. The molecule has 19 heavy (non-hydrogen) atoms. The molecule has 1 amide bonds. The summed E-state index contributed by atoms with van der Waals surface area (Å²) in [7, 11) is 0. The fourth-order valence-electron chi connectivity index (χ4n) is 2.35. The Labute approximate surface area is 110 Å². The summed E-state index contributed by atoms with van der Waals surface area (Å²) >= 11 is 0. The molecule has 1 aliphatic heterocycles. The maximum absolute atomic E-state index is 12.3. The van der Waals surface area contributed by atoms with Gasteiger partial charge in [0.1, 0.15) is 12.2 Å². The standard InChI is InChI=1S/C13H15N5O/c1-2-18-12(15-8-16-18)7-17-6-9-3-4-10(14)5-11(9)13(17)19/h3-5,8H,2,6-7,14H2,1H3. The molecule has 0 saturated heterocycles. The number of carbonyl (C=O) groups excluding carboxylic acids is 1. The summed E-state index contributed by atoms with van der Waals surface area (Å²) in [5.74, 6) is 0.810. The monoisotopic (exact) mass is 257 g/mol. The van der Waals surface area contributed by atoms with E-state index in [9.17, 15) is 4.79 Å². The van der Waals surface area contributed by atoms with Gasteiger partial charge in [-0.25, -0.2) is 9.67 Å². The van der Waals surface area contributed by atoms with E-state index in [0.717, 1.165) is 17.9 Å². The van der Waals surface area contributed by atoms with Crippen LogP contribution >= 0.6 is 0 Å². The highest BCUT2D eigenvalue weighted by Gasteiger charge is 2.28. The zero-order valence-corrected chi connectivity index (χ0v) is 10.7. The molecule has 0 atom stereocenters. The van der Waals surface area contributed by atoms with Gasteiger partial charge in [0.2, 0.25) is 0 Å². The molecule has 6 heteroatoms. The molecular formula is C13H15N5O. The Kier molecular flexibility index (Phi) is 2.70. The number of amides is 1. The summed E-state index contributed by atoms with van der Waals surface area (Å²) in [5, 5.41) is 4.11. The molecule has 2 heterocycles. The Balaban J connectivity index is 1.84. The molecule has 0 radical (unpaired) electrons. The number of aryl methyl sites for hydroxylation is 1. The van der Waals surface area contributed by atoms with E-state index in [-0.39, 0.29) is 5.91 Å². The van der Waals surface area contributed by atoms with Crippen molar-refractivity contribution < 1.29 is 4.79 Å². The molecule has 6 nitrogen and oxygen atoms in total. The summed E-state index contributed by atoms with van der Waals surface area (Å²) in [6, 6.07) is 5.47. The van der Waals surface area contributed by atoms with E-state index in [2.05, 4.69) is 10.1 Å². The minimum atomic E-state index is 0.00736. The molecule has 0 saturated carbocycles. The van der Waals surface area contributed by atoms with Crippen molar-refractivity contribution in [2.75, 3.05) is 5.73 Å². The lowest BCUT2D eigenvalue weighted by Crippen LogP contribution is -2.25. The molecule has 0 fully saturated rings. The minimum Gasteiger partial charge on any atom is -0.399 e. The van der Waals surface area contributed by atoms with Gasteiger partial charge >= 0.3 is 0 Å². The van der Waals surface area contributed by atoms with Crippen molar-refractivity contribution >= 4 is 11.6 Å². The second-order valence-corrected chi connectivity index (χ2v) is 4.57. The van der Waals surface area contributed by atoms with Crippen molar-refractivity contribution in [3.63, 3.8) is 0 Å². The van der Waals surface area contributed by atoms with Crippen LogP contribution in [0.5, 0.6) is 0 Å². The van der Waals surface area contributed by atoms with Crippen LogP contribution in [0.1, 0.15) is 28.7 Å². The molecule has 0 aliphatic carbocycles. The normalized spacial score (nSPS) is 13.9. The van der Waals surface area contributed by atoms with Gasteiger partial charge in [0.15, 0.2) is 0 Å². The van der Waals surface area contributed by atoms with Crippen molar-refractivity contribution in [3.05, 3.63) is 41.5 Å². The predicted molar refractivity (Wildman–Crippen MR) is 70.1 cm³/mol. The summed E-state index contributed by atoms with van der Waals surface area (Å²) < 4.78 is 1.80. The minimum absolute atomic E-state index is 0.00736. The van der Waals surface area contributed by atoms with Gasteiger partial charge in [-0.15, -0.1) is 0 Å². The van der Waals surface area contributed by atoms with Gasteiger partial charge in [0.25, 0.3) is 5.91 Å². The van der Waals surface area contributed by atoms with Crippen LogP contribution in [0, 0.1) is 0 Å². The number of hydrogen-bond donors (Lipinski definition) is 1. The first-order valence-corrected chi connectivity index (χ1v) is 6.23. The Bertz CT molecular complexity index is 634. The summed E-state index contributed by atoms with van der Waals surface area (Å²) in [6.45, 7) is 3.82. The van der Waals surface area contributed by atoms with Crippen LogP contribution in [-0.4, -0.2) is 25.6 Å². The second-order valence-electron chi connectivity index (χ2n) is 4.57. The van der Waals surface area contributed by atoms with Crippen LogP contribution in [0.4, 0.5) is 5.69 Å². The summed E-state index contributed by atoms with van der Waals surface area (Å²) in [6.07, 6.45) is 1.52. The average molecular weight is 257 g/mol. The molecule has 98 valence electrons. The largest absolute Gasteiger partial charge is 0.399 e. The highest BCUT2D eigenvalue weighted by molar-refractivity contribution is 5.99. The smallest absolute Gasteiger partial charge is 0.254 e. The van der Waals surface area contributed by atoms with Gasteiger partial charge in [-0.3, -0.25) is 4.79 Å². The number of anilines is 1. The van der Waals surface area contributed by atoms with Crippen LogP contribution in [0.3, 0.4) is 0 Å². The molecule has 2 aromatic rings. The fraction of sp³-hybridized carbons (Fsp3) is 0.308.